The highest BCUT2D eigenvalue weighted by Crippen LogP contribution is 2.31. The van der Waals surface area contributed by atoms with Crippen molar-refractivity contribution in [3.8, 4) is 22.6 Å². The maximum absolute atomic E-state index is 13.4. The lowest BCUT2D eigenvalue weighted by molar-refractivity contribution is -0.137. The summed E-state index contributed by atoms with van der Waals surface area (Å²) in [4.78, 5) is 30.3. The van der Waals surface area contributed by atoms with Gasteiger partial charge in [-0.05, 0) is 30.3 Å². The number of halogens is 3. The van der Waals surface area contributed by atoms with Crippen LogP contribution in [-0.2, 0) is 10.9 Å². The lowest BCUT2D eigenvalue weighted by Crippen LogP contribution is -2.32. The molecule has 5 rings (SSSR count). The summed E-state index contributed by atoms with van der Waals surface area (Å²) in [6, 6.07) is 6.38. The van der Waals surface area contributed by atoms with Gasteiger partial charge in [0.15, 0.2) is 0 Å². The van der Waals surface area contributed by atoms with Gasteiger partial charge in [-0.15, -0.1) is 0 Å². The molecule has 0 amide bonds. The van der Waals surface area contributed by atoms with E-state index in [9.17, 15) is 23.1 Å². The number of pyridine rings is 3. The summed E-state index contributed by atoms with van der Waals surface area (Å²) in [6.45, 7) is 0.259. The van der Waals surface area contributed by atoms with Crippen LogP contribution >= 0.6 is 0 Å². The summed E-state index contributed by atoms with van der Waals surface area (Å²) in [5.41, 5.74) is 0.251. The molecule has 5 heterocycles. The summed E-state index contributed by atoms with van der Waals surface area (Å²) in [5, 5.41) is 10.3. The zero-order valence-electron chi connectivity index (χ0n) is 16.9. The van der Waals surface area contributed by atoms with Crippen molar-refractivity contribution >= 4 is 10.9 Å². The monoisotopic (exact) mass is 455 g/mol. The van der Waals surface area contributed by atoms with E-state index in [1.807, 2.05) is 0 Å². The Morgan fingerprint density at radius 1 is 1.09 bits per heavy atom. The van der Waals surface area contributed by atoms with Gasteiger partial charge < -0.3 is 9.84 Å². The van der Waals surface area contributed by atoms with Gasteiger partial charge in [-0.1, -0.05) is 0 Å². The first kappa shape index (κ1) is 21.2. The van der Waals surface area contributed by atoms with Crippen molar-refractivity contribution in [1.82, 2.24) is 24.5 Å². The number of alkyl halides is 3. The van der Waals surface area contributed by atoms with Crippen LogP contribution < -0.4 is 5.56 Å². The molecule has 0 spiro atoms. The maximum Gasteiger partial charge on any atom is 0.417 e. The highest BCUT2D eigenvalue weighted by molar-refractivity contribution is 5.93. The normalized spacial score (nSPS) is 18.7. The van der Waals surface area contributed by atoms with Crippen LogP contribution in [0.2, 0.25) is 0 Å². The summed E-state index contributed by atoms with van der Waals surface area (Å²) < 4.78 is 45.4. The van der Waals surface area contributed by atoms with Crippen LogP contribution in [0.5, 0.6) is 0 Å². The predicted octanol–water partition coefficient (Wildman–Crippen LogP) is 2.87. The van der Waals surface area contributed by atoms with Crippen LogP contribution in [-0.4, -0.2) is 48.9 Å². The van der Waals surface area contributed by atoms with Crippen molar-refractivity contribution in [3.05, 3.63) is 71.2 Å². The van der Waals surface area contributed by atoms with Crippen molar-refractivity contribution in [3.63, 3.8) is 0 Å². The molecule has 0 saturated carbocycles. The summed E-state index contributed by atoms with van der Waals surface area (Å²) in [7, 11) is 0. The average Bonchev–Trinajstić information content (AvgIpc) is 3.24. The van der Waals surface area contributed by atoms with E-state index < -0.39 is 29.4 Å². The molecule has 168 valence electrons. The summed E-state index contributed by atoms with van der Waals surface area (Å²) in [5.74, 6) is 0. The third-order valence-electron chi connectivity index (χ3n) is 5.44. The quantitative estimate of drug-likeness (QED) is 0.507. The van der Waals surface area contributed by atoms with Crippen molar-refractivity contribution < 1.29 is 23.0 Å². The smallest absolute Gasteiger partial charge is 0.388 e. The SMILES string of the molecule is O=c1c2cc(-c3ccc(C(F)(F)F)cn3)nc(-c3cccnc3)c2ncn1[C@@H]1COC[C@@H]1O. The van der Waals surface area contributed by atoms with E-state index >= 15 is 0 Å². The van der Waals surface area contributed by atoms with E-state index in [1.54, 1.807) is 24.5 Å². The van der Waals surface area contributed by atoms with Gasteiger partial charge in [-0.3, -0.25) is 19.3 Å². The Bertz CT molecular complexity index is 1370. The molecular weight excluding hydrogens is 439 g/mol. The Balaban J connectivity index is 1.73. The molecule has 1 saturated heterocycles. The van der Waals surface area contributed by atoms with Gasteiger partial charge in [0.2, 0.25) is 0 Å². The molecule has 1 N–H and O–H groups in total. The summed E-state index contributed by atoms with van der Waals surface area (Å²) in [6.07, 6.45) is -0.200. The highest BCUT2D eigenvalue weighted by Gasteiger charge is 2.31. The molecule has 1 fully saturated rings. The molecule has 4 aromatic heterocycles. The molecule has 0 radical (unpaired) electrons. The molecule has 0 bridgehead atoms. The van der Waals surface area contributed by atoms with Crippen molar-refractivity contribution in [1.29, 1.82) is 0 Å². The number of aliphatic hydroxyl groups excluding tert-OH is 1. The minimum absolute atomic E-state index is 0.104. The fourth-order valence-corrected chi connectivity index (χ4v) is 3.73. The van der Waals surface area contributed by atoms with E-state index in [0.717, 1.165) is 12.3 Å². The number of ether oxygens (including phenoxy) is 1. The average molecular weight is 455 g/mol. The number of nitrogens with zero attached hydrogens (tertiary/aromatic N) is 5. The molecule has 4 aromatic rings. The molecule has 11 heteroatoms. The van der Waals surface area contributed by atoms with Gasteiger partial charge in [0.1, 0.15) is 11.6 Å². The Labute approximate surface area is 184 Å². The molecule has 2 atom stereocenters. The topological polar surface area (TPSA) is 103 Å². The first-order chi connectivity index (χ1) is 15.8. The Kier molecular flexibility index (Phi) is 5.14. The number of hydrogen-bond donors (Lipinski definition) is 1. The second-order valence-corrected chi connectivity index (χ2v) is 7.55. The number of rotatable bonds is 3. The number of aromatic nitrogens is 5. The molecule has 0 aliphatic carbocycles. The van der Waals surface area contributed by atoms with Gasteiger partial charge in [0, 0.05) is 24.2 Å². The lowest BCUT2D eigenvalue weighted by atomic mass is 10.1. The van der Waals surface area contributed by atoms with Crippen LogP contribution in [0, 0.1) is 0 Å². The minimum atomic E-state index is -4.52. The first-order valence-electron chi connectivity index (χ1n) is 9.94. The number of aliphatic hydroxyl groups is 1. The zero-order valence-corrected chi connectivity index (χ0v) is 16.9. The Hall–Kier alpha value is -3.70. The van der Waals surface area contributed by atoms with E-state index in [-0.39, 0.29) is 30.0 Å². The second-order valence-electron chi connectivity index (χ2n) is 7.55. The number of hydrogen-bond acceptors (Lipinski definition) is 7. The lowest BCUT2D eigenvalue weighted by Gasteiger charge is -2.17. The molecule has 33 heavy (non-hydrogen) atoms. The van der Waals surface area contributed by atoms with Crippen molar-refractivity contribution in [2.75, 3.05) is 13.2 Å². The molecule has 0 aromatic carbocycles. The van der Waals surface area contributed by atoms with Gasteiger partial charge in [0.05, 0.1) is 53.6 Å². The molecule has 1 aliphatic rings. The summed E-state index contributed by atoms with van der Waals surface area (Å²) >= 11 is 0. The van der Waals surface area contributed by atoms with Crippen LogP contribution in [0.15, 0.2) is 60.0 Å². The van der Waals surface area contributed by atoms with Crippen molar-refractivity contribution in [2.45, 2.75) is 18.3 Å². The molecular formula is C22H16F3N5O3. The molecule has 0 unspecified atom stereocenters. The van der Waals surface area contributed by atoms with E-state index in [4.69, 9.17) is 4.74 Å². The van der Waals surface area contributed by atoms with Crippen LogP contribution in [0.3, 0.4) is 0 Å². The molecule has 1 aliphatic heterocycles. The largest absolute Gasteiger partial charge is 0.417 e. The third-order valence-corrected chi connectivity index (χ3v) is 5.44. The maximum atomic E-state index is 13.4. The van der Waals surface area contributed by atoms with Crippen LogP contribution in [0.4, 0.5) is 13.2 Å². The van der Waals surface area contributed by atoms with E-state index in [2.05, 4.69) is 19.9 Å². The highest BCUT2D eigenvalue weighted by atomic mass is 19.4. The first-order valence-corrected chi connectivity index (χ1v) is 9.94. The number of fused-ring (bicyclic) bond motifs is 1. The van der Waals surface area contributed by atoms with Gasteiger partial charge in [0.25, 0.3) is 5.56 Å². The standard InChI is InChI=1S/C22H16F3N5O3/c23-22(24,25)13-3-4-15(27-8-13)16-6-14-20(19(29-16)12-2-1-5-26-7-12)28-11-30(21(14)32)17-9-33-10-18(17)31/h1-8,11,17-18,31H,9-10H2/t17-,18+/m1/s1. The Morgan fingerprint density at radius 3 is 2.58 bits per heavy atom. The van der Waals surface area contributed by atoms with Gasteiger partial charge >= 0.3 is 6.18 Å². The van der Waals surface area contributed by atoms with Gasteiger partial charge in [-0.2, -0.15) is 13.2 Å². The van der Waals surface area contributed by atoms with E-state index in [0.29, 0.717) is 16.8 Å². The van der Waals surface area contributed by atoms with Gasteiger partial charge in [-0.25, -0.2) is 9.97 Å². The second kappa shape index (κ2) is 8.01. The predicted molar refractivity (Wildman–Crippen MR) is 111 cm³/mol. The minimum Gasteiger partial charge on any atom is -0.388 e. The van der Waals surface area contributed by atoms with E-state index in [1.165, 1.54) is 23.0 Å². The third kappa shape index (κ3) is 3.85. The van der Waals surface area contributed by atoms with Crippen LogP contribution in [0.1, 0.15) is 11.6 Å². The Morgan fingerprint density at radius 2 is 1.94 bits per heavy atom. The fraction of sp³-hybridized carbons (Fsp3) is 0.227. The van der Waals surface area contributed by atoms with Crippen molar-refractivity contribution in [2.24, 2.45) is 0 Å². The zero-order chi connectivity index (χ0) is 23.2. The molecule has 8 nitrogen and oxygen atoms in total. The fourth-order valence-electron chi connectivity index (χ4n) is 3.73. The van der Waals surface area contributed by atoms with Crippen LogP contribution in [0.25, 0.3) is 33.5 Å².